The highest BCUT2D eigenvalue weighted by molar-refractivity contribution is 7.17. The molecular weight excluding hydrogens is 304 g/mol. The van der Waals surface area contributed by atoms with Crippen LogP contribution in [0.4, 0.5) is 0 Å². The lowest BCUT2D eigenvalue weighted by atomic mass is 10.1. The van der Waals surface area contributed by atoms with Gasteiger partial charge in [0.25, 0.3) is 5.91 Å². The monoisotopic (exact) mass is 324 g/mol. The Labute approximate surface area is 139 Å². The van der Waals surface area contributed by atoms with Crippen LogP contribution in [0.2, 0.25) is 0 Å². The van der Waals surface area contributed by atoms with Crippen molar-refractivity contribution in [3.05, 3.63) is 59.1 Å². The summed E-state index contributed by atoms with van der Waals surface area (Å²) in [5, 5.41) is 5.24. The zero-order chi connectivity index (χ0) is 15.8. The molecule has 3 nitrogen and oxygen atoms in total. The van der Waals surface area contributed by atoms with E-state index in [0.29, 0.717) is 0 Å². The fourth-order valence-electron chi connectivity index (χ4n) is 3.02. The van der Waals surface area contributed by atoms with Gasteiger partial charge < -0.3 is 9.88 Å². The van der Waals surface area contributed by atoms with Crippen LogP contribution >= 0.6 is 11.3 Å². The van der Waals surface area contributed by atoms with Crippen LogP contribution in [0.3, 0.4) is 0 Å². The second kappa shape index (κ2) is 5.85. The highest BCUT2D eigenvalue weighted by atomic mass is 32.1. The number of rotatable bonds is 5. The van der Waals surface area contributed by atoms with E-state index >= 15 is 0 Å². The van der Waals surface area contributed by atoms with Crippen LogP contribution in [-0.2, 0) is 6.54 Å². The maximum absolute atomic E-state index is 12.8. The number of carbonyl (C=O) groups is 1. The predicted molar refractivity (Wildman–Crippen MR) is 94.9 cm³/mol. The van der Waals surface area contributed by atoms with Gasteiger partial charge in [0.1, 0.15) is 5.69 Å². The standard InChI is InChI=1S/C19H20N2OS/c1-13(15-5-3-2-4-6-15)20-19(22)17-11-18-16(9-10-23-18)21(17)12-14-7-8-14/h2-6,9-11,13-14H,7-8,12H2,1H3,(H,20,22)/t13-/m0/s1. The van der Waals surface area contributed by atoms with Crippen LogP contribution in [0.5, 0.6) is 0 Å². The van der Waals surface area contributed by atoms with Crippen molar-refractivity contribution >= 4 is 27.5 Å². The van der Waals surface area contributed by atoms with E-state index in [1.807, 2.05) is 43.3 Å². The first kappa shape index (κ1) is 14.5. The van der Waals surface area contributed by atoms with E-state index in [4.69, 9.17) is 0 Å². The first-order valence-corrected chi connectivity index (χ1v) is 9.03. The third kappa shape index (κ3) is 2.91. The summed E-state index contributed by atoms with van der Waals surface area (Å²) in [7, 11) is 0. The van der Waals surface area contributed by atoms with Gasteiger partial charge in [-0.05, 0) is 48.8 Å². The molecule has 0 unspecified atom stereocenters. The van der Waals surface area contributed by atoms with Crippen LogP contribution in [0, 0.1) is 5.92 Å². The maximum atomic E-state index is 12.8. The van der Waals surface area contributed by atoms with Crippen molar-refractivity contribution in [3.8, 4) is 0 Å². The fourth-order valence-corrected chi connectivity index (χ4v) is 3.84. The van der Waals surface area contributed by atoms with Gasteiger partial charge >= 0.3 is 0 Å². The van der Waals surface area contributed by atoms with Crippen LogP contribution in [0.25, 0.3) is 10.2 Å². The SMILES string of the molecule is C[C@H](NC(=O)c1cc2sccc2n1CC1CC1)c1ccccc1. The molecule has 4 heteroatoms. The fraction of sp³-hybridized carbons (Fsp3) is 0.316. The predicted octanol–water partition coefficient (Wildman–Crippen LogP) is 4.60. The second-order valence-corrected chi connectivity index (χ2v) is 7.31. The molecule has 0 saturated heterocycles. The average Bonchev–Trinajstić information content (AvgIpc) is 3.15. The van der Waals surface area contributed by atoms with Crippen molar-refractivity contribution in [1.82, 2.24) is 9.88 Å². The Morgan fingerprint density at radius 3 is 2.83 bits per heavy atom. The van der Waals surface area contributed by atoms with E-state index in [1.165, 1.54) is 23.1 Å². The minimum absolute atomic E-state index is 0.00557. The van der Waals surface area contributed by atoms with E-state index in [2.05, 4.69) is 21.3 Å². The molecule has 1 saturated carbocycles. The van der Waals surface area contributed by atoms with E-state index in [1.54, 1.807) is 11.3 Å². The van der Waals surface area contributed by atoms with Gasteiger partial charge in [0.05, 0.1) is 16.3 Å². The third-order valence-corrected chi connectivity index (χ3v) is 5.39. The summed E-state index contributed by atoms with van der Waals surface area (Å²) in [5.41, 5.74) is 3.11. The molecule has 1 aliphatic rings. The van der Waals surface area contributed by atoms with Gasteiger partial charge in [0.15, 0.2) is 0 Å². The Morgan fingerprint density at radius 2 is 2.09 bits per heavy atom. The van der Waals surface area contributed by atoms with Crippen molar-refractivity contribution in [2.75, 3.05) is 0 Å². The lowest BCUT2D eigenvalue weighted by Crippen LogP contribution is -2.28. The molecule has 1 amide bonds. The Hall–Kier alpha value is -2.07. The summed E-state index contributed by atoms with van der Waals surface area (Å²) in [4.78, 5) is 12.8. The Bertz CT molecular complexity index is 830. The number of nitrogens with one attached hydrogen (secondary N) is 1. The molecule has 0 spiro atoms. The maximum Gasteiger partial charge on any atom is 0.268 e. The van der Waals surface area contributed by atoms with Crippen LogP contribution in [-0.4, -0.2) is 10.5 Å². The third-order valence-electron chi connectivity index (χ3n) is 4.54. The van der Waals surface area contributed by atoms with Crippen molar-refractivity contribution in [3.63, 3.8) is 0 Å². The molecule has 1 fully saturated rings. The van der Waals surface area contributed by atoms with Gasteiger partial charge in [-0.3, -0.25) is 4.79 Å². The molecule has 4 rings (SSSR count). The van der Waals surface area contributed by atoms with Crippen LogP contribution < -0.4 is 5.32 Å². The number of benzene rings is 1. The number of hydrogen-bond acceptors (Lipinski definition) is 2. The molecule has 1 N–H and O–H groups in total. The quantitative estimate of drug-likeness (QED) is 0.731. The average molecular weight is 324 g/mol. The summed E-state index contributed by atoms with van der Waals surface area (Å²) >= 11 is 1.70. The lowest BCUT2D eigenvalue weighted by Gasteiger charge is -2.16. The number of fused-ring (bicyclic) bond motifs is 1. The Morgan fingerprint density at radius 1 is 1.30 bits per heavy atom. The highest BCUT2D eigenvalue weighted by Crippen LogP contribution is 2.34. The second-order valence-electron chi connectivity index (χ2n) is 6.36. The Kier molecular flexibility index (Phi) is 3.69. The smallest absolute Gasteiger partial charge is 0.268 e. The molecule has 2 heterocycles. The molecule has 0 bridgehead atoms. The molecule has 1 atom stereocenters. The summed E-state index contributed by atoms with van der Waals surface area (Å²) in [6.07, 6.45) is 2.57. The topological polar surface area (TPSA) is 34.0 Å². The highest BCUT2D eigenvalue weighted by Gasteiger charge is 2.26. The summed E-state index contributed by atoms with van der Waals surface area (Å²) < 4.78 is 3.40. The van der Waals surface area contributed by atoms with Crippen LogP contribution in [0.15, 0.2) is 47.8 Å². The number of aromatic nitrogens is 1. The van der Waals surface area contributed by atoms with E-state index in [9.17, 15) is 4.79 Å². The number of hydrogen-bond donors (Lipinski definition) is 1. The molecule has 2 aromatic heterocycles. The summed E-state index contributed by atoms with van der Waals surface area (Å²) in [6.45, 7) is 2.99. The number of thiophene rings is 1. The van der Waals surface area contributed by atoms with Gasteiger partial charge in [0, 0.05) is 6.54 Å². The van der Waals surface area contributed by atoms with Crippen LogP contribution in [0.1, 0.15) is 41.9 Å². The van der Waals surface area contributed by atoms with E-state index in [0.717, 1.165) is 23.7 Å². The van der Waals surface area contributed by atoms with Gasteiger partial charge in [-0.1, -0.05) is 30.3 Å². The van der Waals surface area contributed by atoms with Gasteiger partial charge in [-0.2, -0.15) is 0 Å². The molecule has 3 aromatic rings. The zero-order valence-electron chi connectivity index (χ0n) is 13.2. The summed E-state index contributed by atoms with van der Waals surface area (Å²) in [5.74, 6) is 0.758. The lowest BCUT2D eigenvalue weighted by molar-refractivity contribution is 0.0930. The zero-order valence-corrected chi connectivity index (χ0v) is 14.0. The largest absolute Gasteiger partial charge is 0.344 e. The van der Waals surface area contributed by atoms with Gasteiger partial charge in [0.2, 0.25) is 0 Å². The van der Waals surface area contributed by atoms with Gasteiger partial charge in [-0.15, -0.1) is 11.3 Å². The van der Waals surface area contributed by atoms with Crippen molar-refractivity contribution in [1.29, 1.82) is 0 Å². The first-order valence-electron chi connectivity index (χ1n) is 8.15. The molecule has 118 valence electrons. The molecule has 0 aliphatic heterocycles. The number of carbonyl (C=O) groups excluding carboxylic acids is 1. The minimum atomic E-state index is 0.00557. The molecule has 1 aromatic carbocycles. The molecule has 0 radical (unpaired) electrons. The molecular formula is C19H20N2OS. The number of amides is 1. The van der Waals surface area contributed by atoms with Crippen molar-refractivity contribution in [2.45, 2.75) is 32.4 Å². The minimum Gasteiger partial charge on any atom is -0.344 e. The van der Waals surface area contributed by atoms with Gasteiger partial charge in [-0.25, -0.2) is 0 Å². The Balaban J connectivity index is 1.60. The molecule has 1 aliphatic carbocycles. The van der Waals surface area contributed by atoms with E-state index in [-0.39, 0.29) is 11.9 Å². The van der Waals surface area contributed by atoms with Crippen molar-refractivity contribution in [2.24, 2.45) is 5.92 Å². The normalized spacial score (nSPS) is 15.7. The number of nitrogens with zero attached hydrogens (tertiary/aromatic N) is 1. The summed E-state index contributed by atoms with van der Waals surface area (Å²) in [6, 6.07) is 14.3. The van der Waals surface area contributed by atoms with Crippen molar-refractivity contribution < 1.29 is 4.79 Å². The first-order chi connectivity index (χ1) is 11.2. The molecule has 23 heavy (non-hydrogen) atoms. The van der Waals surface area contributed by atoms with E-state index < -0.39 is 0 Å².